The largest absolute Gasteiger partial charge is 0.351 e. The van der Waals surface area contributed by atoms with Gasteiger partial charge in [-0.05, 0) is 41.8 Å². The van der Waals surface area contributed by atoms with Crippen LogP contribution in [0.4, 0.5) is 16.2 Å². The molecule has 1 aromatic heterocycles. The Morgan fingerprint density at radius 1 is 1.12 bits per heavy atom. The van der Waals surface area contributed by atoms with E-state index in [1.807, 2.05) is 24.3 Å². The van der Waals surface area contributed by atoms with Crippen molar-refractivity contribution in [3.63, 3.8) is 0 Å². The zero-order valence-electron chi connectivity index (χ0n) is 13.9. The number of H-pyrrole nitrogens is 1. The van der Waals surface area contributed by atoms with Crippen LogP contribution in [0.3, 0.4) is 0 Å². The van der Waals surface area contributed by atoms with Gasteiger partial charge in [0.25, 0.3) is 5.91 Å². The molecule has 0 aliphatic carbocycles. The van der Waals surface area contributed by atoms with Gasteiger partial charge in [-0.15, -0.1) is 0 Å². The van der Waals surface area contributed by atoms with Crippen LogP contribution < -0.4 is 16.0 Å². The molecule has 7 nitrogen and oxygen atoms in total. The molecule has 0 spiro atoms. The van der Waals surface area contributed by atoms with E-state index in [1.165, 1.54) is 4.90 Å². The number of carbonyl (C=O) groups excluding carboxylic acids is 2. The second-order valence-electron chi connectivity index (χ2n) is 6.10. The van der Waals surface area contributed by atoms with E-state index in [9.17, 15) is 9.59 Å². The summed E-state index contributed by atoms with van der Waals surface area (Å²) in [5.74, 6) is -0.215. The Kier molecular flexibility index (Phi) is 3.89. The third kappa shape index (κ3) is 2.90. The molecule has 7 heteroatoms. The summed E-state index contributed by atoms with van der Waals surface area (Å²) < 4.78 is 0. The molecule has 4 rings (SSSR count). The highest BCUT2D eigenvalue weighted by atomic mass is 16.2. The number of aromatic nitrogens is 2. The number of carbonyl (C=O) groups is 2. The smallest absolute Gasteiger partial charge is 0.319 e. The minimum Gasteiger partial charge on any atom is -0.351 e. The molecule has 0 saturated heterocycles. The Bertz CT molecular complexity index is 964. The number of aromatic amines is 1. The van der Waals surface area contributed by atoms with Crippen molar-refractivity contribution in [2.45, 2.75) is 6.42 Å². The van der Waals surface area contributed by atoms with E-state index in [0.717, 1.165) is 28.8 Å². The SMILES string of the molecule is NC(=O)N1CCc2ccc(NC(=O)c3ccc(-c4cn[nH]c4)cc3)cc21. The normalized spacial score (nSPS) is 12.7. The molecule has 3 amide bonds. The average molecular weight is 347 g/mol. The first-order chi connectivity index (χ1) is 12.6. The molecule has 26 heavy (non-hydrogen) atoms. The number of amides is 3. The van der Waals surface area contributed by atoms with E-state index in [-0.39, 0.29) is 5.91 Å². The van der Waals surface area contributed by atoms with Crippen molar-refractivity contribution in [1.29, 1.82) is 0 Å². The Hall–Kier alpha value is -3.61. The van der Waals surface area contributed by atoms with Crippen LogP contribution in [0.15, 0.2) is 54.9 Å². The lowest BCUT2D eigenvalue weighted by atomic mass is 10.1. The van der Waals surface area contributed by atoms with Crippen LogP contribution in [-0.4, -0.2) is 28.7 Å². The zero-order chi connectivity index (χ0) is 18.1. The lowest BCUT2D eigenvalue weighted by Crippen LogP contribution is -2.34. The lowest BCUT2D eigenvalue weighted by Gasteiger charge is -2.15. The number of primary amides is 1. The van der Waals surface area contributed by atoms with Crippen LogP contribution in [0.2, 0.25) is 0 Å². The van der Waals surface area contributed by atoms with Gasteiger partial charge in [-0.25, -0.2) is 4.79 Å². The molecular weight excluding hydrogens is 330 g/mol. The number of urea groups is 1. The number of hydrogen-bond donors (Lipinski definition) is 3. The quantitative estimate of drug-likeness (QED) is 0.678. The van der Waals surface area contributed by atoms with Gasteiger partial charge in [-0.2, -0.15) is 5.10 Å². The van der Waals surface area contributed by atoms with Crippen LogP contribution in [-0.2, 0) is 6.42 Å². The number of nitrogens with two attached hydrogens (primary N) is 1. The van der Waals surface area contributed by atoms with Gasteiger partial charge in [0.05, 0.1) is 11.9 Å². The summed E-state index contributed by atoms with van der Waals surface area (Å²) in [6.07, 6.45) is 4.29. The van der Waals surface area contributed by atoms with Crippen molar-refractivity contribution in [3.8, 4) is 11.1 Å². The zero-order valence-corrected chi connectivity index (χ0v) is 13.9. The third-order valence-corrected chi connectivity index (χ3v) is 4.48. The minimum absolute atomic E-state index is 0.215. The Morgan fingerprint density at radius 2 is 1.92 bits per heavy atom. The first-order valence-corrected chi connectivity index (χ1v) is 8.22. The second kappa shape index (κ2) is 6.36. The number of fused-ring (bicyclic) bond motifs is 1. The fourth-order valence-corrected chi connectivity index (χ4v) is 3.11. The molecule has 130 valence electrons. The van der Waals surface area contributed by atoms with Crippen LogP contribution in [0.1, 0.15) is 15.9 Å². The van der Waals surface area contributed by atoms with Gasteiger partial charge in [0, 0.05) is 29.6 Å². The summed E-state index contributed by atoms with van der Waals surface area (Å²) in [5.41, 5.74) is 10.3. The summed E-state index contributed by atoms with van der Waals surface area (Å²) in [5, 5.41) is 9.55. The molecule has 2 heterocycles. The maximum atomic E-state index is 12.5. The molecule has 3 aromatic rings. The van der Waals surface area contributed by atoms with E-state index in [4.69, 9.17) is 5.73 Å². The van der Waals surface area contributed by atoms with Gasteiger partial charge in [-0.1, -0.05) is 18.2 Å². The molecule has 0 atom stereocenters. The molecular formula is C19H17N5O2. The Balaban J connectivity index is 1.52. The molecule has 0 bridgehead atoms. The standard InChI is InChI=1S/C19H17N5O2/c20-19(26)24-8-7-13-5-6-16(9-17(13)24)23-18(25)14-3-1-12(2-4-14)15-10-21-22-11-15/h1-6,9-11H,7-8H2,(H2,20,26)(H,21,22)(H,23,25). The minimum atomic E-state index is -0.484. The van der Waals surface area contributed by atoms with Crippen molar-refractivity contribution < 1.29 is 9.59 Å². The molecule has 0 saturated carbocycles. The summed E-state index contributed by atoms with van der Waals surface area (Å²) in [4.78, 5) is 25.5. The van der Waals surface area contributed by atoms with Gasteiger partial charge in [0.2, 0.25) is 0 Å². The van der Waals surface area contributed by atoms with Gasteiger partial charge < -0.3 is 11.1 Å². The molecule has 0 radical (unpaired) electrons. The van der Waals surface area contributed by atoms with E-state index in [1.54, 1.807) is 30.6 Å². The number of rotatable bonds is 3. The molecule has 4 N–H and O–H groups in total. The number of hydrogen-bond acceptors (Lipinski definition) is 3. The van der Waals surface area contributed by atoms with Crippen LogP contribution in [0.5, 0.6) is 0 Å². The summed E-state index contributed by atoms with van der Waals surface area (Å²) in [7, 11) is 0. The molecule has 2 aromatic carbocycles. The van der Waals surface area contributed by atoms with E-state index < -0.39 is 6.03 Å². The number of nitrogens with zero attached hydrogens (tertiary/aromatic N) is 2. The predicted molar refractivity (Wildman–Crippen MR) is 99.1 cm³/mol. The first kappa shape index (κ1) is 15.9. The fourth-order valence-electron chi connectivity index (χ4n) is 3.11. The maximum absolute atomic E-state index is 12.5. The highest BCUT2D eigenvalue weighted by Gasteiger charge is 2.23. The second-order valence-corrected chi connectivity index (χ2v) is 6.10. The molecule has 1 aliphatic heterocycles. The number of nitrogens with one attached hydrogen (secondary N) is 2. The van der Waals surface area contributed by atoms with E-state index in [0.29, 0.717) is 17.8 Å². The first-order valence-electron chi connectivity index (χ1n) is 8.22. The van der Waals surface area contributed by atoms with E-state index in [2.05, 4.69) is 15.5 Å². The molecule has 0 unspecified atom stereocenters. The lowest BCUT2D eigenvalue weighted by molar-refractivity contribution is 0.102. The summed E-state index contributed by atoms with van der Waals surface area (Å²) in [6.45, 7) is 0.567. The monoisotopic (exact) mass is 347 g/mol. The number of anilines is 2. The van der Waals surface area contributed by atoms with Gasteiger partial charge in [0.1, 0.15) is 0 Å². The van der Waals surface area contributed by atoms with Crippen molar-refractivity contribution >= 4 is 23.3 Å². The van der Waals surface area contributed by atoms with Gasteiger partial charge in [-0.3, -0.25) is 14.8 Å². The Labute approximate surface area is 149 Å². The topological polar surface area (TPSA) is 104 Å². The maximum Gasteiger partial charge on any atom is 0.319 e. The van der Waals surface area contributed by atoms with Crippen LogP contribution >= 0.6 is 0 Å². The van der Waals surface area contributed by atoms with Crippen LogP contribution in [0.25, 0.3) is 11.1 Å². The predicted octanol–water partition coefficient (Wildman–Crippen LogP) is 2.77. The summed E-state index contributed by atoms with van der Waals surface area (Å²) >= 11 is 0. The number of benzene rings is 2. The van der Waals surface area contributed by atoms with Crippen molar-refractivity contribution in [2.75, 3.05) is 16.8 Å². The molecule has 0 fully saturated rings. The summed E-state index contributed by atoms with van der Waals surface area (Å²) in [6, 6.07) is 12.3. The third-order valence-electron chi connectivity index (χ3n) is 4.48. The van der Waals surface area contributed by atoms with E-state index >= 15 is 0 Å². The average Bonchev–Trinajstić information content (AvgIpc) is 3.31. The van der Waals surface area contributed by atoms with Gasteiger partial charge in [0.15, 0.2) is 0 Å². The molecule has 1 aliphatic rings. The van der Waals surface area contributed by atoms with Crippen molar-refractivity contribution in [3.05, 3.63) is 66.0 Å². The van der Waals surface area contributed by atoms with Crippen LogP contribution in [0, 0.1) is 0 Å². The highest BCUT2D eigenvalue weighted by Crippen LogP contribution is 2.30. The highest BCUT2D eigenvalue weighted by molar-refractivity contribution is 6.05. The van der Waals surface area contributed by atoms with Crippen molar-refractivity contribution in [2.24, 2.45) is 5.73 Å². The fraction of sp³-hybridized carbons (Fsp3) is 0.105. The Morgan fingerprint density at radius 3 is 2.62 bits per heavy atom. The van der Waals surface area contributed by atoms with Crippen molar-refractivity contribution in [1.82, 2.24) is 10.2 Å². The van der Waals surface area contributed by atoms with Gasteiger partial charge >= 0.3 is 6.03 Å².